The maximum atomic E-state index is 5.53. The number of nitrogen functional groups attached to an aromatic ring is 1. The average Bonchev–Trinajstić information content (AvgIpc) is 3.17. The van der Waals surface area contributed by atoms with Gasteiger partial charge in [0.2, 0.25) is 0 Å². The number of anilines is 1. The van der Waals surface area contributed by atoms with Crippen LogP contribution in [0.5, 0.6) is 0 Å². The second kappa shape index (κ2) is 5.69. The smallest absolute Gasteiger partial charge is 0.144 e. The second-order valence-corrected chi connectivity index (χ2v) is 5.90. The first-order valence-electron chi connectivity index (χ1n) is 6.54. The molecular formula is C14H18N4S. The van der Waals surface area contributed by atoms with Gasteiger partial charge in [0.25, 0.3) is 0 Å². The molecule has 0 spiro atoms. The van der Waals surface area contributed by atoms with Gasteiger partial charge in [0.05, 0.1) is 0 Å². The summed E-state index contributed by atoms with van der Waals surface area (Å²) in [6, 6.07) is 9.08. The highest BCUT2D eigenvalue weighted by Gasteiger charge is 2.29. The highest BCUT2D eigenvalue weighted by Crippen LogP contribution is 2.31. The van der Waals surface area contributed by atoms with Crippen LogP contribution in [-0.2, 0) is 13.1 Å². The number of rotatable bonds is 6. The van der Waals surface area contributed by atoms with Gasteiger partial charge in [-0.25, -0.2) is 10.8 Å². The van der Waals surface area contributed by atoms with Crippen molar-refractivity contribution in [2.24, 2.45) is 5.84 Å². The molecule has 100 valence electrons. The number of nitrogens with one attached hydrogen (secondary N) is 1. The minimum Gasteiger partial charge on any atom is -0.308 e. The molecule has 3 N–H and O–H groups in total. The van der Waals surface area contributed by atoms with Crippen molar-refractivity contribution in [3.63, 3.8) is 0 Å². The normalized spacial score (nSPS) is 14.8. The molecule has 0 radical (unpaired) electrons. The lowest BCUT2D eigenvalue weighted by molar-refractivity contribution is 0.248. The zero-order chi connectivity index (χ0) is 13.1. The monoisotopic (exact) mass is 274 g/mol. The Morgan fingerprint density at radius 3 is 2.89 bits per heavy atom. The van der Waals surface area contributed by atoms with Crippen molar-refractivity contribution < 1.29 is 0 Å². The van der Waals surface area contributed by atoms with Gasteiger partial charge in [-0.1, -0.05) is 12.1 Å². The van der Waals surface area contributed by atoms with Crippen LogP contribution in [0.1, 0.15) is 23.3 Å². The average molecular weight is 274 g/mol. The van der Waals surface area contributed by atoms with Gasteiger partial charge in [0.1, 0.15) is 5.82 Å². The van der Waals surface area contributed by atoms with E-state index < -0.39 is 0 Å². The third-order valence-electron chi connectivity index (χ3n) is 3.40. The van der Waals surface area contributed by atoms with E-state index in [-0.39, 0.29) is 0 Å². The fourth-order valence-corrected chi connectivity index (χ4v) is 3.00. The van der Waals surface area contributed by atoms with Crippen LogP contribution in [-0.4, -0.2) is 15.9 Å². The molecule has 0 saturated heterocycles. The van der Waals surface area contributed by atoms with Crippen LogP contribution >= 0.6 is 11.3 Å². The molecule has 2 aromatic heterocycles. The number of nitrogens with two attached hydrogens (primary N) is 1. The number of hydrogen-bond acceptors (Lipinski definition) is 5. The van der Waals surface area contributed by atoms with Crippen LogP contribution in [0.25, 0.3) is 0 Å². The van der Waals surface area contributed by atoms with E-state index in [2.05, 4.69) is 38.9 Å². The van der Waals surface area contributed by atoms with Gasteiger partial charge in [0.15, 0.2) is 0 Å². The molecule has 4 nitrogen and oxygen atoms in total. The molecule has 3 rings (SSSR count). The Bertz CT molecular complexity index is 522. The summed E-state index contributed by atoms with van der Waals surface area (Å²) in [4.78, 5) is 8.20. The standard InChI is InChI=1S/C14H18N4S/c15-17-14-11(3-1-7-16-14)9-18(12-5-6-12)10-13-4-2-8-19-13/h1-4,7-8,12H,5-6,9-10,15H2,(H,16,17). The summed E-state index contributed by atoms with van der Waals surface area (Å²) in [5, 5.41) is 2.14. The minimum absolute atomic E-state index is 0.716. The van der Waals surface area contributed by atoms with Crippen LogP contribution in [0.3, 0.4) is 0 Å². The fraction of sp³-hybridized carbons (Fsp3) is 0.357. The maximum Gasteiger partial charge on any atom is 0.144 e. The summed E-state index contributed by atoms with van der Waals surface area (Å²) < 4.78 is 0. The summed E-state index contributed by atoms with van der Waals surface area (Å²) in [7, 11) is 0. The quantitative estimate of drug-likeness (QED) is 0.628. The van der Waals surface area contributed by atoms with Crippen LogP contribution < -0.4 is 11.3 Å². The lowest BCUT2D eigenvalue weighted by Crippen LogP contribution is -2.25. The van der Waals surface area contributed by atoms with Gasteiger partial charge in [-0.3, -0.25) is 4.90 Å². The Kier molecular flexibility index (Phi) is 3.77. The summed E-state index contributed by atoms with van der Waals surface area (Å²) in [5.74, 6) is 6.30. The molecule has 0 unspecified atom stereocenters. The Morgan fingerprint density at radius 2 is 2.21 bits per heavy atom. The minimum atomic E-state index is 0.716. The first-order chi connectivity index (χ1) is 9.36. The number of pyridine rings is 1. The Morgan fingerprint density at radius 1 is 1.32 bits per heavy atom. The van der Waals surface area contributed by atoms with Crippen LogP contribution in [0.15, 0.2) is 35.8 Å². The van der Waals surface area contributed by atoms with Gasteiger partial charge >= 0.3 is 0 Å². The van der Waals surface area contributed by atoms with Crippen LogP contribution in [0.2, 0.25) is 0 Å². The van der Waals surface area contributed by atoms with Crippen molar-refractivity contribution in [3.8, 4) is 0 Å². The topological polar surface area (TPSA) is 54.2 Å². The first-order valence-corrected chi connectivity index (χ1v) is 7.41. The fourth-order valence-electron chi connectivity index (χ4n) is 2.27. The van der Waals surface area contributed by atoms with Crippen molar-refractivity contribution in [1.82, 2.24) is 9.88 Å². The number of nitrogens with zero attached hydrogens (tertiary/aromatic N) is 2. The molecule has 5 heteroatoms. The third kappa shape index (κ3) is 3.12. The van der Waals surface area contributed by atoms with Gasteiger partial charge in [-0.15, -0.1) is 11.3 Å². The molecule has 0 bridgehead atoms. The summed E-state index contributed by atoms with van der Waals surface area (Å²) in [5.41, 5.74) is 3.84. The highest BCUT2D eigenvalue weighted by molar-refractivity contribution is 7.09. The Hall–Kier alpha value is -1.43. The number of aromatic nitrogens is 1. The van der Waals surface area contributed by atoms with Gasteiger partial charge in [0, 0.05) is 35.8 Å². The van der Waals surface area contributed by atoms with Gasteiger partial charge < -0.3 is 5.43 Å². The summed E-state index contributed by atoms with van der Waals surface area (Å²) in [6.07, 6.45) is 4.37. The molecule has 1 aliphatic rings. The lowest BCUT2D eigenvalue weighted by atomic mass is 10.2. The molecule has 0 amide bonds. The van der Waals surface area contributed by atoms with Gasteiger partial charge in [-0.2, -0.15) is 0 Å². The Balaban J connectivity index is 1.74. The predicted octanol–water partition coefficient (Wildman–Crippen LogP) is 2.59. The van der Waals surface area contributed by atoms with Crippen molar-refractivity contribution in [1.29, 1.82) is 0 Å². The molecule has 0 atom stereocenters. The number of hydrogen-bond donors (Lipinski definition) is 2. The summed E-state index contributed by atoms with van der Waals surface area (Å²) >= 11 is 1.82. The molecule has 2 aromatic rings. The van der Waals surface area contributed by atoms with Gasteiger partial charge in [-0.05, 0) is 30.4 Å². The van der Waals surface area contributed by atoms with E-state index in [0.29, 0.717) is 6.04 Å². The second-order valence-electron chi connectivity index (χ2n) is 4.87. The SMILES string of the molecule is NNc1ncccc1CN(Cc1cccs1)C1CC1. The number of thiophene rings is 1. The molecule has 1 aliphatic carbocycles. The third-order valence-corrected chi connectivity index (χ3v) is 4.26. The van der Waals surface area contributed by atoms with E-state index >= 15 is 0 Å². The van der Waals surface area contributed by atoms with E-state index in [1.807, 2.05) is 17.4 Å². The summed E-state index contributed by atoms with van der Waals surface area (Å²) in [6.45, 7) is 1.91. The predicted molar refractivity (Wildman–Crippen MR) is 78.6 cm³/mol. The van der Waals surface area contributed by atoms with Crippen molar-refractivity contribution in [2.45, 2.75) is 32.0 Å². The van der Waals surface area contributed by atoms with E-state index in [1.54, 1.807) is 6.20 Å². The molecule has 0 aliphatic heterocycles. The van der Waals surface area contributed by atoms with E-state index in [9.17, 15) is 0 Å². The molecule has 1 fully saturated rings. The van der Waals surface area contributed by atoms with E-state index in [1.165, 1.54) is 17.7 Å². The van der Waals surface area contributed by atoms with Crippen molar-refractivity contribution in [2.75, 3.05) is 5.43 Å². The largest absolute Gasteiger partial charge is 0.308 e. The zero-order valence-electron chi connectivity index (χ0n) is 10.7. The highest BCUT2D eigenvalue weighted by atomic mass is 32.1. The lowest BCUT2D eigenvalue weighted by Gasteiger charge is -2.22. The zero-order valence-corrected chi connectivity index (χ0v) is 11.6. The van der Waals surface area contributed by atoms with Crippen molar-refractivity contribution in [3.05, 3.63) is 46.3 Å². The molecule has 2 heterocycles. The Labute approximate surface area is 117 Å². The molecular weight excluding hydrogens is 256 g/mol. The van der Waals surface area contributed by atoms with Crippen molar-refractivity contribution >= 4 is 17.2 Å². The maximum absolute atomic E-state index is 5.53. The van der Waals surface area contributed by atoms with E-state index in [0.717, 1.165) is 24.5 Å². The van der Waals surface area contributed by atoms with Crippen LogP contribution in [0, 0.1) is 0 Å². The molecule has 0 aromatic carbocycles. The van der Waals surface area contributed by atoms with Crippen LogP contribution in [0.4, 0.5) is 5.82 Å². The molecule has 1 saturated carbocycles. The van der Waals surface area contributed by atoms with E-state index in [4.69, 9.17) is 5.84 Å². The molecule has 19 heavy (non-hydrogen) atoms. The first kappa shape index (κ1) is 12.6. The number of hydrazine groups is 1.